The molecule has 0 radical (unpaired) electrons. The maximum atomic E-state index is 14.7. The van der Waals surface area contributed by atoms with Gasteiger partial charge >= 0.3 is 0 Å². The lowest BCUT2D eigenvalue weighted by Gasteiger charge is -2.32. The highest BCUT2D eigenvalue weighted by Gasteiger charge is 2.39. The first kappa shape index (κ1) is 35.5. The van der Waals surface area contributed by atoms with E-state index in [1.807, 2.05) is 84.9 Å². The van der Waals surface area contributed by atoms with Gasteiger partial charge in [0, 0.05) is 37.5 Å². The molecule has 0 bridgehead atoms. The number of amides is 4. The van der Waals surface area contributed by atoms with Crippen LogP contribution in [0.3, 0.4) is 0 Å². The lowest BCUT2D eigenvalue weighted by atomic mass is 9.82. The summed E-state index contributed by atoms with van der Waals surface area (Å²) in [5.41, 5.74) is 7.05. The zero-order valence-electron chi connectivity index (χ0n) is 32.7. The molecule has 0 aliphatic carbocycles. The number of benzene rings is 9. The second kappa shape index (κ2) is 12.6. The van der Waals surface area contributed by atoms with Crippen molar-refractivity contribution in [1.82, 2.24) is 0 Å². The Balaban J connectivity index is 1.10. The van der Waals surface area contributed by atoms with Gasteiger partial charge in [0.1, 0.15) is 0 Å². The minimum Gasteiger partial charge on any atom is -0.268 e. The number of rotatable bonds is 5. The Bertz CT molecular complexity index is 3260. The summed E-state index contributed by atoms with van der Waals surface area (Å²) in [5, 5.41) is 9.14. The van der Waals surface area contributed by atoms with Crippen LogP contribution < -0.4 is 9.80 Å². The van der Waals surface area contributed by atoms with Crippen molar-refractivity contribution in [2.45, 2.75) is 39.5 Å². The van der Waals surface area contributed by atoms with E-state index in [9.17, 15) is 19.2 Å². The normalized spacial score (nSPS) is 14.2. The molecule has 2 aliphatic rings. The molecule has 9 aromatic rings. The molecule has 284 valence electrons. The summed E-state index contributed by atoms with van der Waals surface area (Å²) in [6.07, 6.45) is 0. The number of anilines is 2. The van der Waals surface area contributed by atoms with Crippen LogP contribution in [0.5, 0.6) is 0 Å². The van der Waals surface area contributed by atoms with Crippen molar-refractivity contribution >= 4 is 105 Å². The smallest absolute Gasteiger partial charge is 0.266 e. The van der Waals surface area contributed by atoms with Gasteiger partial charge < -0.3 is 0 Å². The van der Waals surface area contributed by atoms with Gasteiger partial charge in [-0.25, -0.2) is 9.80 Å². The molecular weight excluding hydrogens is 796 g/mol. The molecule has 0 fully saturated rings. The van der Waals surface area contributed by atoms with Crippen LogP contribution in [0.4, 0.5) is 11.4 Å². The molecule has 2 aliphatic heterocycles. The third-order valence-corrected chi connectivity index (χ3v) is 13.0. The highest BCUT2D eigenvalue weighted by atomic mass is 79.9. The van der Waals surface area contributed by atoms with E-state index >= 15 is 0 Å². The van der Waals surface area contributed by atoms with Crippen LogP contribution >= 0.6 is 15.9 Å². The number of halogens is 1. The maximum Gasteiger partial charge on any atom is 0.266 e. The van der Waals surface area contributed by atoms with Gasteiger partial charge in [-0.3, -0.25) is 19.2 Å². The maximum absolute atomic E-state index is 14.7. The Kier molecular flexibility index (Phi) is 7.60. The number of hydrogen-bond donors (Lipinski definition) is 0. The van der Waals surface area contributed by atoms with Gasteiger partial charge in [0.25, 0.3) is 23.6 Å². The predicted molar refractivity (Wildman–Crippen MR) is 242 cm³/mol. The Hall–Kier alpha value is -6.70. The second-order valence-electron chi connectivity index (χ2n) is 16.3. The second-order valence-corrected chi connectivity index (χ2v) is 17.2. The number of hydrogen-bond acceptors (Lipinski definition) is 4. The highest BCUT2D eigenvalue weighted by molar-refractivity contribution is 9.10. The molecule has 2 heterocycles. The number of para-hydroxylation sites is 1. The molecule has 0 saturated carbocycles. The van der Waals surface area contributed by atoms with Crippen LogP contribution in [0.15, 0.2) is 132 Å². The molecule has 0 saturated heterocycles. The molecule has 7 heteroatoms. The quantitative estimate of drug-likeness (QED) is 0.0983. The summed E-state index contributed by atoms with van der Waals surface area (Å²) in [4.78, 5) is 60.2. The first-order valence-electron chi connectivity index (χ1n) is 19.9. The van der Waals surface area contributed by atoms with Crippen molar-refractivity contribution in [2.75, 3.05) is 9.80 Å². The first-order chi connectivity index (χ1) is 28.5. The summed E-state index contributed by atoms with van der Waals surface area (Å²) in [6, 6.07) is 41.1. The van der Waals surface area contributed by atoms with Gasteiger partial charge in [-0.15, -0.1) is 0 Å². The third kappa shape index (κ3) is 4.79. The molecule has 0 atom stereocenters. The molecule has 6 nitrogen and oxygen atoms in total. The fourth-order valence-corrected chi connectivity index (χ4v) is 10.1. The van der Waals surface area contributed by atoms with Crippen molar-refractivity contribution in [2.24, 2.45) is 0 Å². The third-order valence-electron chi connectivity index (χ3n) is 12.5. The molecule has 59 heavy (non-hydrogen) atoms. The van der Waals surface area contributed by atoms with Crippen LogP contribution in [0.2, 0.25) is 0 Å². The summed E-state index contributed by atoms with van der Waals surface area (Å²) in [7, 11) is 0. The van der Waals surface area contributed by atoms with Gasteiger partial charge in [-0.2, -0.15) is 0 Å². The minimum absolute atomic E-state index is 0.107. The Morgan fingerprint density at radius 3 is 1.37 bits per heavy atom. The fraction of sp³-hybridized carbons (Fsp3) is 0.115. The molecule has 0 N–H and O–H groups in total. The number of nitrogens with zero attached hydrogens (tertiary/aromatic N) is 2. The molecule has 0 aromatic heterocycles. The zero-order valence-corrected chi connectivity index (χ0v) is 34.3. The Morgan fingerprint density at radius 1 is 0.373 bits per heavy atom. The van der Waals surface area contributed by atoms with Crippen LogP contribution in [0.1, 0.15) is 92.1 Å². The van der Waals surface area contributed by atoms with Crippen LogP contribution in [0.25, 0.3) is 65.0 Å². The number of carbonyl (C=O) groups is 4. The Morgan fingerprint density at radius 2 is 0.780 bits per heavy atom. The van der Waals surface area contributed by atoms with Crippen LogP contribution in [0, 0.1) is 0 Å². The molecule has 0 spiro atoms. The molecule has 11 rings (SSSR count). The van der Waals surface area contributed by atoms with Crippen molar-refractivity contribution in [3.05, 3.63) is 165 Å². The lowest BCUT2D eigenvalue weighted by Crippen LogP contribution is -2.41. The van der Waals surface area contributed by atoms with E-state index in [0.717, 1.165) is 69.8 Å². The monoisotopic (exact) mass is 830 g/mol. The van der Waals surface area contributed by atoms with Gasteiger partial charge in [-0.05, 0) is 126 Å². The minimum atomic E-state index is -0.356. The van der Waals surface area contributed by atoms with Crippen LogP contribution in [-0.4, -0.2) is 23.6 Å². The van der Waals surface area contributed by atoms with Crippen molar-refractivity contribution in [3.8, 4) is 11.1 Å². The lowest BCUT2D eigenvalue weighted by molar-refractivity contribution is 0.0877. The van der Waals surface area contributed by atoms with Gasteiger partial charge in [0.2, 0.25) is 0 Å². The zero-order chi connectivity index (χ0) is 40.6. The predicted octanol–water partition coefficient (Wildman–Crippen LogP) is 13.2. The SMILES string of the molecule is CC(C)c1cccc(C(C)C)c1N1C(=O)c2ccc3c4cccc5c(-c6ccc7c8c(cccc68)C(=O)N(c6ccc(Br)cc6)C7=O)ccc(c6ccc(c2c36)C1=O)c54. The summed E-state index contributed by atoms with van der Waals surface area (Å²) >= 11 is 3.45. The molecule has 4 amide bonds. The van der Waals surface area contributed by atoms with E-state index in [1.54, 1.807) is 18.2 Å². The standard InChI is InChI=1S/C52H35BrN2O4/c1-26(2)30-8-5-9-31(27(3)4)48(30)55-51(58)42-24-21-38-36-12-6-10-34-32(18-20-37(44(34)36)39-22-25-43(52(55)59)47(42)46(38)39)33-19-23-41-45-35(33)11-7-13-40(45)49(56)54(50(41)57)29-16-14-28(53)15-17-29/h5-27H,1-4H3. The van der Waals surface area contributed by atoms with E-state index in [4.69, 9.17) is 0 Å². The van der Waals surface area contributed by atoms with E-state index in [-0.39, 0.29) is 35.5 Å². The Labute approximate surface area is 348 Å². The van der Waals surface area contributed by atoms with E-state index in [1.165, 1.54) is 9.80 Å². The van der Waals surface area contributed by atoms with E-state index < -0.39 is 0 Å². The number of carbonyl (C=O) groups excluding carboxylic acids is 4. The van der Waals surface area contributed by atoms with Gasteiger partial charge in [0.05, 0.1) is 11.4 Å². The molecular formula is C52H35BrN2O4. The van der Waals surface area contributed by atoms with Gasteiger partial charge in [0.15, 0.2) is 0 Å². The van der Waals surface area contributed by atoms with E-state index in [2.05, 4.69) is 67.9 Å². The van der Waals surface area contributed by atoms with E-state index in [0.29, 0.717) is 44.4 Å². The largest absolute Gasteiger partial charge is 0.268 e. The average molecular weight is 832 g/mol. The summed E-state index contributed by atoms with van der Waals surface area (Å²) in [6.45, 7) is 8.38. The fourth-order valence-electron chi connectivity index (χ4n) is 9.85. The average Bonchev–Trinajstić information content (AvgIpc) is 3.24. The van der Waals surface area contributed by atoms with Crippen LogP contribution in [-0.2, 0) is 0 Å². The first-order valence-corrected chi connectivity index (χ1v) is 20.7. The number of fused-ring (bicyclic) bond motifs is 2. The highest BCUT2D eigenvalue weighted by Crippen LogP contribution is 2.48. The molecule has 9 aromatic carbocycles. The van der Waals surface area contributed by atoms with Crippen molar-refractivity contribution < 1.29 is 19.2 Å². The van der Waals surface area contributed by atoms with Crippen molar-refractivity contribution in [1.29, 1.82) is 0 Å². The topological polar surface area (TPSA) is 74.8 Å². The summed E-state index contributed by atoms with van der Waals surface area (Å²) < 4.78 is 0.857. The summed E-state index contributed by atoms with van der Waals surface area (Å²) in [5.74, 6) is -1.11. The molecule has 0 unspecified atom stereocenters. The van der Waals surface area contributed by atoms with Gasteiger partial charge in [-0.1, -0.05) is 122 Å². The van der Waals surface area contributed by atoms with Crippen molar-refractivity contribution in [3.63, 3.8) is 0 Å². The number of imide groups is 2.